The van der Waals surface area contributed by atoms with Gasteiger partial charge in [-0.1, -0.05) is 0 Å². The fourth-order valence-electron chi connectivity index (χ4n) is 0. The van der Waals surface area contributed by atoms with Crippen LogP contribution in [0.4, 0.5) is 0 Å². The van der Waals surface area contributed by atoms with Crippen molar-refractivity contribution in [3.05, 3.63) is 0 Å². The summed E-state index contributed by atoms with van der Waals surface area (Å²) in [5, 5.41) is 0. The Morgan fingerprint density at radius 3 is 0.846 bits per heavy atom. The largest absolute Gasteiger partial charge is 2.00 e. The third-order valence-corrected chi connectivity index (χ3v) is 0. The zero-order valence-electron chi connectivity index (χ0n) is 5.89. The van der Waals surface area contributed by atoms with Gasteiger partial charge in [0.15, 0.2) is 0 Å². The summed E-state index contributed by atoms with van der Waals surface area (Å²) in [6.07, 6.45) is 0. The molecule has 8 N–H and O–H groups in total. The Morgan fingerprint density at radius 1 is 0.846 bits per heavy atom. The molecule has 0 bridgehead atoms. The van der Waals surface area contributed by atoms with Crippen LogP contribution in [-0.2, 0) is 37.3 Å². The van der Waals surface area contributed by atoms with E-state index >= 15 is 0 Å². The summed E-state index contributed by atoms with van der Waals surface area (Å²) >= 11 is 0. The molecule has 0 radical (unpaired) electrons. The van der Waals surface area contributed by atoms with Gasteiger partial charge >= 0.3 is 26.9 Å². The summed E-state index contributed by atoms with van der Waals surface area (Å²) in [5.41, 5.74) is 0. The third-order valence-electron chi connectivity index (χ3n) is 0. The van der Waals surface area contributed by atoms with Gasteiger partial charge in [-0.2, -0.15) is 8.42 Å². The van der Waals surface area contributed by atoms with Gasteiger partial charge in [0.1, 0.15) is 0 Å². The molecule has 0 aliphatic carbocycles. The van der Waals surface area contributed by atoms with Crippen LogP contribution >= 0.6 is 0 Å². The number of rotatable bonds is 0. The van der Waals surface area contributed by atoms with Crippen molar-refractivity contribution in [2.45, 2.75) is 0 Å². The van der Waals surface area contributed by atoms with Crippen LogP contribution in [0.2, 0.25) is 0 Å². The first-order valence-corrected chi connectivity index (χ1v) is 4.10. The van der Waals surface area contributed by atoms with Gasteiger partial charge in [-0.3, -0.25) is 17.5 Å². The molecule has 0 aromatic carbocycles. The second-order valence-electron chi connectivity index (χ2n) is 0.856. The molecular formula is H8N2NiO8S2. The number of hydrogen-bond donors (Lipinski definition) is 4. The Labute approximate surface area is 85.0 Å². The van der Waals surface area contributed by atoms with E-state index in [1.165, 1.54) is 0 Å². The maximum atomic E-state index is 8.74. The summed E-state index contributed by atoms with van der Waals surface area (Å²) in [6.45, 7) is 0. The van der Waals surface area contributed by atoms with E-state index in [9.17, 15) is 0 Å². The van der Waals surface area contributed by atoms with Gasteiger partial charge in [0, 0.05) is 10.4 Å². The maximum Gasteiger partial charge on any atom is 2.00 e. The standard InChI is InChI=1S/2H3N.Ni.2H2O4S/c;;;2*1-5(2,3)4/h2*1H3;;2*(H2,1,2,3,4)/q;;+2;;/p-2. The van der Waals surface area contributed by atoms with E-state index in [1.54, 1.807) is 0 Å². The van der Waals surface area contributed by atoms with Crippen LogP contribution in [0.3, 0.4) is 0 Å². The van der Waals surface area contributed by atoms with Crippen LogP contribution in [0.5, 0.6) is 0 Å². The van der Waals surface area contributed by atoms with E-state index in [-0.39, 0.29) is 28.8 Å². The third kappa shape index (κ3) is 53200. The van der Waals surface area contributed by atoms with Crippen LogP contribution in [0, 0.1) is 0 Å². The van der Waals surface area contributed by atoms with Crippen molar-refractivity contribution in [3.8, 4) is 0 Å². The van der Waals surface area contributed by atoms with Crippen molar-refractivity contribution >= 4 is 20.8 Å². The molecule has 0 unspecified atom stereocenters. The minimum atomic E-state index is -5.17. The van der Waals surface area contributed by atoms with Crippen LogP contribution in [0.15, 0.2) is 0 Å². The molecular weight excluding hydrogens is 279 g/mol. The second-order valence-corrected chi connectivity index (χ2v) is 2.57. The second kappa shape index (κ2) is 10.2. The zero-order valence-corrected chi connectivity index (χ0v) is 8.51. The Hall–Kier alpha value is 0.154. The fourth-order valence-corrected chi connectivity index (χ4v) is 0. The molecule has 0 spiro atoms. The minimum absolute atomic E-state index is 0. The van der Waals surface area contributed by atoms with E-state index in [0.29, 0.717) is 0 Å². The van der Waals surface area contributed by atoms with Gasteiger partial charge in [-0.25, -0.2) is 0 Å². The smallest absolute Gasteiger partial charge is 0.759 e. The predicted molar refractivity (Wildman–Crippen MR) is 34.7 cm³/mol. The van der Waals surface area contributed by atoms with E-state index in [4.69, 9.17) is 35.0 Å². The molecule has 0 heterocycles. The van der Waals surface area contributed by atoms with Crippen molar-refractivity contribution < 1.29 is 51.5 Å². The van der Waals surface area contributed by atoms with Crippen LogP contribution in [0.25, 0.3) is 0 Å². The van der Waals surface area contributed by atoms with E-state index in [0.717, 1.165) is 0 Å². The average molecular weight is 287 g/mol. The quantitative estimate of drug-likeness (QED) is 0.225. The normalized spacial score (nSPS) is 8.92. The van der Waals surface area contributed by atoms with Crippen LogP contribution in [-0.4, -0.2) is 35.0 Å². The summed E-state index contributed by atoms with van der Waals surface area (Å²) in [4.78, 5) is 0. The Kier molecular flexibility index (Phi) is 23.0. The Balaban J connectivity index is -0.0000000267. The molecule has 13 heteroatoms. The van der Waals surface area contributed by atoms with Gasteiger partial charge in [0.25, 0.3) is 0 Å². The van der Waals surface area contributed by atoms with Gasteiger partial charge in [-0.15, -0.1) is 0 Å². The monoisotopic (exact) mass is 286 g/mol. The topological polar surface area (TPSA) is 225 Å². The molecule has 0 saturated carbocycles. The molecule has 0 rings (SSSR count). The summed E-state index contributed by atoms with van der Waals surface area (Å²) in [6, 6.07) is 0. The van der Waals surface area contributed by atoms with Crippen molar-refractivity contribution in [2.24, 2.45) is 0 Å². The molecule has 0 aromatic rings. The van der Waals surface area contributed by atoms with E-state index in [1.807, 2.05) is 0 Å². The molecule has 0 aliphatic rings. The summed E-state index contributed by atoms with van der Waals surface area (Å²) < 4.78 is 65.7. The molecule has 10 nitrogen and oxygen atoms in total. The van der Waals surface area contributed by atoms with Crippen molar-refractivity contribution in [1.82, 2.24) is 12.3 Å². The molecule has 0 aliphatic heterocycles. The van der Waals surface area contributed by atoms with E-state index < -0.39 is 20.8 Å². The average Bonchev–Trinajstić information content (AvgIpc) is 1.12. The SMILES string of the molecule is N.N.O=S(=O)(O)O.O=S(=O)([O-])[O-].[Ni+2]. The molecule has 0 fully saturated rings. The van der Waals surface area contributed by atoms with Gasteiger partial charge in [0.05, 0.1) is 0 Å². The minimum Gasteiger partial charge on any atom is -0.759 e. The van der Waals surface area contributed by atoms with Crippen molar-refractivity contribution in [3.63, 3.8) is 0 Å². The number of hydrogen-bond acceptors (Lipinski definition) is 8. The van der Waals surface area contributed by atoms with Gasteiger partial charge in [-0.05, 0) is 0 Å². The predicted octanol–water partition coefficient (Wildman–Crippen LogP) is -1.67. The van der Waals surface area contributed by atoms with Crippen LogP contribution in [0.1, 0.15) is 0 Å². The van der Waals surface area contributed by atoms with Crippen molar-refractivity contribution in [1.29, 1.82) is 0 Å². The molecule has 0 aromatic heterocycles. The van der Waals surface area contributed by atoms with Gasteiger partial charge < -0.3 is 21.4 Å². The van der Waals surface area contributed by atoms with E-state index in [2.05, 4.69) is 0 Å². The first-order valence-electron chi connectivity index (χ1n) is 1.37. The first-order chi connectivity index (χ1) is 4.00. The maximum absolute atomic E-state index is 8.74. The summed E-state index contributed by atoms with van der Waals surface area (Å²) in [7, 11) is -9.83. The first kappa shape index (κ1) is 29.2. The van der Waals surface area contributed by atoms with Gasteiger partial charge in [0.2, 0.25) is 0 Å². The van der Waals surface area contributed by atoms with Crippen molar-refractivity contribution in [2.75, 3.05) is 0 Å². The molecule has 0 saturated heterocycles. The van der Waals surface area contributed by atoms with Crippen LogP contribution < -0.4 is 12.3 Å². The fraction of sp³-hybridized carbons (Fsp3) is 0. The molecule has 13 heavy (non-hydrogen) atoms. The Morgan fingerprint density at radius 2 is 0.846 bits per heavy atom. The Bertz CT molecular complexity index is 217. The zero-order chi connectivity index (χ0) is 9.00. The molecule has 0 atom stereocenters. The molecule has 88 valence electrons. The summed E-state index contributed by atoms with van der Waals surface area (Å²) in [5.74, 6) is 0. The molecule has 0 amide bonds.